The molecule has 5 saturated carbocycles. The second kappa shape index (κ2) is 6.37. The van der Waals surface area contributed by atoms with Gasteiger partial charge in [0, 0.05) is 0 Å². The molecule has 1 aliphatic heterocycles. The van der Waals surface area contributed by atoms with Gasteiger partial charge < -0.3 is 9.84 Å². The molecule has 0 aromatic heterocycles. The molecule has 10 atom stereocenters. The van der Waals surface area contributed by atoms with E-state index in [1.54, 1.807) is 0 Å². The van der Waals surface area contributed by atoms with Crippen molar-refractivity contribution in [2.75, 3.05) is 6.61 Å². The number of aliphatic hydroxyl groups is 1. The van der Waals surface area contributed by atoms with Crippen molar-refractivity contribution in [2.45, 2.75) is 125 Å². The van der Waals surface area contributed by atoms with Gasteiger partial charge in [-0.2, -0.15) is 0 Å². The van der Waals surface area contributed by atoms with Crippen molar-refractivity contribution in [3.63, 3.8) is 0 Å². The maximum atomic E-state index is 10.9. The van der Waals surface area contributed by atoms with Crippen LogP contribution in [0.4, 0.5) is 0 Å². The summed E-state index contributed by atoms with van der Waals surface area (Å²) >= 11 is 0. The van der Waals surface area contributed by atoms with Crippen LogP contribution < -0.4 is 0 Å². The standard InChI is InChI=1S/C30H50O2/c1-25(2)14-16-30-17-15-28(6)19(23(30)24(25)32-18-30)8-9-21-27(5)12-11-22(31)26(3,4)20(27)10-13-29(21,28)7/h19-24,31H,8-18H2,1-7H3/t19-,20-,21-,22+,23+,24-,27+,28-,29-,30+/m1/s1. The molecule has 0 aromatic carbocycles. The highest BCUT2D eigenvalue weighted by Gasteiger charge is 2.72. The largest absolute Gasteiger partial charge is 0.393 e. The SMILES string of the molecule is CC1(C)CC[C@@]23CC[C@]4(C)[C@H](CC[C@@H]5[C@@]6(C)CC[C@H](O)C(C)(C)[C@H]6CC[C@]54C)[C@H]2[C@H]1OC3. The van der Waals surface area contributed by atoms with Crippen molar-refractivity contribution < 1.29 is 9.84 Å². The Balaban J connectivity index is 1.39. The van der Waals surface area contributed by atoms with Crippen molar-refractivity contribution in [2.24, 2.45) is 56.2 Å². The van der Waals surface area contributed by atoms with Gasteiger partial charge in [0.05, 0.1) is 18.8 Å². The Hall–Kier alpha value is -0.0800. The van der Waals surface area contributed by atoms with E-state index < -0.39 is 0 Å². The summed E-state index contributed by atoms with van der Waals surface area (Å²) in [6, 6.07) is 0. The smallest absolute Gasteiger partial charge is 0.0663 e. The molecular weight excluding hydrogens is 392 g/mol. The highest BCUT2D eigenvalue weighted by Crippen LogP contribution is 2.78. The Bertz CT molecular complexity index is 801. The topological polar surface area (TPSA) is 29.5 Å². The second-order valence-electron chi connectivity index (χ2n) is 15.7. The van der Waals surface area contributed by atoms with E-state index in [4.69, 9.17) is 4.74 Å². The summed E-state index contributed by atoms with van der Waals surface area (Å²) in [6.07, 6.45) is 13.7. The van der Waals surface area contributed by atoms with Crippen molar-refractivity contribution in [1.29, 1.82) is 0 Å². The molecule has 0 amide bonds. The van der Waals surface area contributed by atoms with Crippen molar-refractivity contribution in [1.82, 2.24) is 0 Å². The van der Waals surface area contributed by atoms with Crippen LogP contribution in [0.3, 0.4) is 0 Å². The van der Waals surface area contributed by atoms with Crippen LogP contribution in [-0.4, -0.2) is 23.9 Å². The number of rotatable bonds is 0. The Morgan fingerprint density at radius 2 is 1.41 bits per heavy atom. The summed E-state index contributed by atoms with van der Waals surface area (Å²) in [7, 11) is 0. The summed E-state index contributed by atoms with van der Waals surface area (Å²) in [5, 5.41) is 10.9. The Morgan fingerprint density at radius 1 is 0.688 bits per heavy atom. The molecule has 0 aromatic rings. The van der Waals surface area contributed by atoms with Gasteiger partial charge in [-0.05, 0) is 120 Å². The summed E-state index contributed by atoms with van der Waals surface area (Å²) in [4.78, 5) is 0. The molecule has 5 aliphatic carbocycles. The van der Waals surface area contributed by atoms with Crippen LogP contribution in [0.1, 0.15) is 113 Å². The minimum atomic E-state index is -0.122. The van der Waals surface area contributed by atoms with Gasteiger partial charge in [0.2, 0.25) is 0 Å². The molecule has 2 bridgehead atoms. The molecule has 6 fully saturated rings. The lowest BCUT2D eigenvalue weighted by atomic mass is 9.31. The lowest BCUT2D eigenvalue weighted by molar-refractivity contribution is -0.252. The van der Waals surface area contributed by atoms with Crippen LogP contribution in [0, 0.1) is 56.2 Å². The zero-order valence-electron chi connectivity index (χ0n) is 22.1. The normalized spacial score (nSPS) is 60.0. The molecule has 1 N–H and O–H groups in total. The highest BCUT2D eigenvalue weighted by atomic mass is 16.5. The lowest BCUT2D eigenvalue weighted by Gasteiger charge is -2.73. The van der Waals surface area contributed by atoms with E-state index in [0.29, 0.717) is 39.1 Å². The molecule has 0 spiro atoms. The van der Waals surface area contributed by atoms with Gasteiger partial charge in [-0.25, -0.2) is 0 Å². The third kappa shape index (κ3) is 2.41. The molecule has 1 saturated heterocycles. The first kappa shape index (κ1) is 22.4. The molecule has 32 heavy (non-hydrogen) atoms. The maximum Gasteiger partial charge on any atom is 0.0663 e. The fourth-order valence-electron chi connectivity index (χ4n) is 12.0. The zero-order chi connectivity index (χ0) is 22.9. The second-order valence-corrected chi connectivity index (χ2v) is 15.7. The first-order valence-electron chi connectivity index (χ1n) is 14.1. The molecule has 2 heteroatoms. The third-order valence-electron chi connectivity index (χ3n) is 14.1. The molecule has 6 aliphatic rings. The van der Waals surface area contributed by atoms with E-state index in [1.807, 2.05) is 0 Å². The maximum absolute atomic E-state index is 10.9. The Kier molecular flexibility index (Phi) is 4.46. The van der Waals surface area contributed by atoms with Crippen LogP contribution >= 0.6 is 0 Å². The Labute approximate surface area is 197 Å². The van der Waals surface area contributed by atoms with Gasteiger partial charge in [-0.3, -0.25) is 0 Å². The number of fused-ring (bicyclic) bond motifs is 5. The van der Waals surface area contributed by atoms with Gasteiger partial charge >= 0.3 is 0 Å². The van der Waals surface area contributed by atoms with Crippen LogP contribution in [0.5, 0.6) is 0 Å². The molecule has 0 unspecified atom stereocenters. The molecule has 6 rings (SSSR count). The van der Waals surface area contributed by atoms with Crippen molar-refractivity contribution >= 4 is 0 Å². The predicted octanol–water partition coefficient (Wildman–Crippen LogP) is 7.24. The lowest BCUT2D eigenvalue weighted by Crippen LogP contribution is -2.67. The molecule has 1 heterocycles. The van der Waals surface area contributed by atoms with Gasteiger partial charge in [-0.15, -0.1) is 0 Å². The van der Waals surface area contributed by atoms with E-state index in [-0.39, 0.29) is 11.5 Å². The van der Waals surface area contributed by atoms with E-state index >= 15 is 0 Å². The van der Waals surface area contributed by atoms with Crippen LogP contribution in [-0.2, 0) is 4.74 Å². The van der Waals surface area contributed by atoms with Crippen molar-refractivity contribution in [3.05, 3.63) is 0 Å². The average molecular weight is 443 g/mol. The monoisotopic (exact) mass is 442 g/mol. The molecular formula is C30H50O2. The predicted molar refractivity (Wildman–Crippen MR) is 130 cm³/mol. The number of hydrogen-bond donors (Lipinski definition) is 1. The fourth-order valence-corrected chi connectivity index (χ4v) is 12.0. The van der Waals surface area contributed by atoms with Crippen LogP contribution in [0.15, 0.2) is 0 Å². The minimum absolute atomic E-state index is 0.0586. The minimum Gasteiger partial charge on any atom is -0.393 e. The Morgan fingerprint density at radius 3 is 2.16 bits per heavy atom. The summed E-state index contributed by atoms with van der Waals surface area (Å²) in [5.74, 6) is 3.11. The zero-order valence-corrected chi connectivity index (χ0v) is 22.1. The number of aliphatic hydroxyl groups excluding tert-OH is 1. The van der Waals surface area contributed by atoms with E-state index in [9.17, 15) is 5.11 Å². The summed E-state index contributed by atoms with van der Waals surface area (Å²) in [6.45, 7) is 18.9. The van der Waals surface area contributed by atoms with Crippen molar-refractivity contribution in [3.8, 4) is 0 Å². The highest BCUT2D eigenvalue weighted by molar-refractivity contribution is 5.21. The van der Waals surface area contributed by atoms with Gasteiger partial charge in [-0.1, -0.05) is 48.5 Å². The quantitative estimate of drug-likeness (QED) is 0.428. The van der Waals surface area contributed by atoms with E-state index in [0.717, 1.165) is 30.8 Å². The van der Waals surface area contributed by atoms with Crippen LogP contribution in [0.25, 0.3) is 0 Å². The van der Waals surface area contributed by atoms with Gasteiger partial charge in [0.1, 0.15) is 0 Å². The first-order valence-corrected chi connectivity index (χ1v) is 14.1. The molecule has 2 nitrogen and oxygen atoms in total. The van der Waals surface area contributed by atoms with Crippen LogP contribution in [0.2, 0.25) is 0 Å². The van der Waals surface area contributed by atoms with E-state index in [1.165, 1.54) is 57.8 Å². The third-order valence-corrected chi connectivity index (χ3v) is 14.1. The number of ether oxygens (including phenoxy) is 1. The average Bonchev–Trinajstić information content (AvgIpc) is 3.05. The summed E-state index contributed by atoms with van der Waals surface area (Å²) in [5.41, 5.74) is 2.16. The number of hydrogen-bond acceptors (Lipinski definition) is 2. The fraction of sp³-hybridized carbons (Fsp3) is 1.00. The van der Waals surface area contributed by atoms with Gasteiger partial charge in [0.25, 0.3) is 0 Å². The first-order chi connectivity index (χ1) is 14.8. The van der Waals surface area contributed by atoms with E-state index in [2.05, 4.69) is 48.5 Å². The molecule has 182 valence electrons. The summed E-state index contributed by atoms with van der Waals surface area (Å²) < 4.78 is 6.71. The molecule has 0 radical (unpaired) electrons. The van der Waals surface area contributed by atoms with Gasteiger partial charge in [0.15, 0.2) is 0 Å².